The third kappa shape index (κ3) is 20.8. The second-order valence-corrected chi connectivity index (χ2v) is 16.9. The molecule has 9 atom stereocenters. The van der Waals surface area contributed by atoms with Gasteiger partial charge in [-0.1, -0.05) is 74.5 Å². The van der Waals surface area contributed by atoms with Gasteiger partial charge in [0.25, 0.3) is 0 Å². The summed E-state index contributed by atoms with van der Waals surface area (Å²) in [5.74, 6) is -9.06. The molecule has 68 heavy (non-hydrogen) atoms. The van der Waals surface area contributed by atoms with E-state index in [1.54, 1.807) is 74.5 Å². The number of nitrogens with two attached hydrogens (primary N) is 4. The highest BCUT2D eigenvalue weighted by Crippen LogP contribution is 2.11. The van der Waals surface area contributed by atoms with Crippen LogP contribution < -0.4 is 60.2 Å². The minimum atomic E-state index is -1.68. The Labute approximate surface area is 399 Å². The van der Waals surface area contributed by atoms with Gasteiger partial charge in [0.1, 0.15) is 42.3 Å². The van der Waals surface area contributed by atoms with Crippen LogP contribution >= 0.6 is 12.6 Å². The number of carbonyl (C=O) groups excluding carboxylic acids is 8. The van der Waals surface area contributed by atoms with Gasteiger partial charge in [-0.25, -0.2) is 0 Å². The molecule has 23 nitrogen and oxygen atoms in total. The molecule has 0 aromatic heterocycles. The molecule has 374 valence electrons. The van der Waals surface area contributed by atoms with Crippen molar-refractivity contribution < 1.29 is 53.4 Å². The fourth-order valence-electron chi connectivity index (χ4n) is 6.49. The average Bonchev–Trinajstić information content (AvgIpc) is 3.27. The zero-order chi connectivity index (χ0) is 51.1. The van der Waals surface area contributed by atoms with E-state index < -0.39 is 114 Å². The molecule has 2 rings (SSSR count). The second kappa shape index (κ2) is 29.1. The first-order valence-corrected chi connectivity index (χ1v) is 22.5. The van der Waals surface area contributed by atoms with Crippen molar-refractivity contribution >= 4 is 71.8 Å². The van der Waals surface area contributed by atoms with E-state index in [9.17, 15) is 53.4 Å². The number of aliphatic imine (C=N–C) groups is 1. The Morgan fingerprint density at radius 1 is 0.603 bits per heavy atom. The largest absolute Gasteiger partial charge is 0.480 e. The highest BCUT2D eigenvalue weighted by atomic mass is 32.1. The number of hydrogen-bond donors (Lipinski definition) is 14. The maximum absolute atomic E-state index is 14.0. The van der Waals surface area contributed by atoms with Gasteiger partial charge in [0.15, 0.2) is 5.96 Å². The molecule has 9 unspecified atom stereocenters. The van der Waals surface area contributed by atoms with Crippen LogP contribution in [0.3, 0.4) is 0 Å². The number of benzene rings is 2. The minimum absolute atomic E-state index is 0.00950. The summed E-state index contributed by atoms with van der Waals surface area (Å²) >= 11 is 4.27. The number of amides is 8. The molecule has 2 aromatic rings. The van der Waals surface area contributed by atoms with Crippen molar-refractivity contribution in [1.29, 1.82) is 0 Å². The van der Waals surface area contributed by atoms with E-state index >= 15 is 0 Å². The maximum atomic E-state index is 14.0. The van der Waals surface area contributed by atoms with Crippen LogP contribution in [0.5, 0.6) is 0 Å². The van der Waals surface area contributed by atoms with Gasteiger partial charge in [-0.3, -0.25) is 48.1 Å². The van der Waals surface area contributed by atoms with E-state index in [1.165, 1.54) is 13.8 Å². The predicted molar refractivity (Wildman–Crippen MR) is 254 cm³/mol. The van der Waals surface area contributed by atoms with Crippen LogP contribution in [0.2, 0.25) is 0 Å². The molecule has 0 radical (unpaired) electrons. The van der Waals surface area contributed by atoms with Crippen LogP contribution in [0.4, 0.5) is 0 Å². The first kappa shape index (κ1) is 57.3. The van der Waals surface area contributed by atoms with Crippen molar-refractivity contribution in [2.45, 2.75) is 121 Å². The number of nitrogens with one attached hydrogen (secondary N) is 7. The Kier molecular flexibility index (Phi) is 24.5. The van der Waals surface area contributed by atoms with Gasteiger partial charge in [0.05, 0.1) is 18.6 Å². The molecular weight excluding hydrogens is 905 g/mol. The smallest absolute Gasteiger partial charge is 0.325 e. The number of carboxylic acid groups (broad SMARTS) is 1. The fraction of sp³-hybridized carbons (Fsp3) is 0.500. The number of aliphatic carboxylic acids is 1. The molecule has 0 fully saturated rings. The third-order valence-electron chi connectivity index (χ3n) is 10.1. The van der Waals surface area contributed by atoms with Crippen molar-refractivity contribution in [3.63, 3.8) is 0 Å². The maximum Gasteiger partial charge on any atom is 0.325 e. The number of aliphatic hydroxyl groups excluding tert-OH is 1. The van der Waals surface area contributed by atoms with Crippen LogP contribution in [0.25, 0.3) is 0 Å². The Bertz CT molecular complexity index is 2060. The van der Waals surface area contributed by atoms with Gasteiger partial charge < -0.3 is 70.4 Å². The quantitative estimate of drug-likeness (QED) is 0.0164. The van der Waals surface area contributed by atoms with Crippen molar-refractivity contribution in [2.24, 2.45) is 33.8 Å². The minimum Gasteiger partial charge on any atom is -0.480 e. The lowest BCUT2D eigenvalue weighted by atomic mass is 10.0. The van der Waals surface area contributed by atoms with Crippen molar-refractivity contribution in [1.82, 2.24) is 37.2 Å². The van der Waals surface area contributed by atoms with Crippen LogP contribution in [0.15, 0.2) is 65.7 Å². The van der Waals surface area contributed by atoms with E-state index in [1.807, 2.05) is 0 Å². The predicted octanol–water partition coefficient (Wildman–Crippen LogP) is -3.42. The average molecular weight is 971 g/mol. The molecule has 0 bridgehead atoms. The zero-order valence-electron chi connectivity index (χ0n) is 38.5. The van der Waals surface area contributed by atoms with E-state index in [2.05, 4.69) is 54.8 Å². The van der Waals surface area contributed by atoms with Gasteiger partial charge in [0, 0.05) is 25.1 Å². The summed E-state index contributed by atoms with van der Waals surface area (Å²) in [5.41, 5.74) is 23.0. The molecule has 17 N–H and O–H groups in total. The van der Waals surface area contributed by atoms with Gasteiger partial charge in [-0.2, -0.15) is 12.6 Å². The van der Waals surface area contributed by atoms with E-state index in [4.69, 9.17) is 22.9 Å². The molecule has 0 aliphatic rings. The summed E-state index contributed by atoms with van der Waals surface area (Å²) in [4.78, 5) is 122. The number of nitrogens with zero attached hydrogens (tertiary/aromatic N) is 1. The Morgan fingerprint density at radius 3 is 1.51 bits per heavy atom. The van der Waals surface area contributed by atoms with E-state index in [0.717, 1.165) is 0 Å². The summed E-state index contributed by atoms with van der Waals surface area (Å²) in [6, 6.07) is 5.93. The highest BCUT2D eigenvalue weighted by Gasteiger charge is 2.35. The van der Waals surface area contributed by atoms with Gasteiger partial charge >= 0.3 is 5.97 Å². The van der Waals surface area contributed by atoms with Crippen LogP contribution in [-0.2, 0) is 56.0 Å². The van der Waals surface area contributed by atoms with Crippen LogP contribution in [0.1, 0.15) is 64.5 Å². The number of aliphatic hydroxyl groups is 1. The Balaban J connectivity index is 2.35. The van der Waals surface area contributed by atoms with Crippen LogP contribution in [-0.4, -0.2) is 136 Å². The lowest BCUT2D eigenvalue weighted by molar-refractivity contribution is -0.142. The number of primary amides is 1. The second-order valence-electron chi connectivity index (χ2n) is 16.5. The molecule has 0 aliphatic heterocycles. The molecule has 0 saturated carbocycles. The van der Waals surface area contributed by atoms with E-state index in [0.29, 0.717) is 11.1 Å². The highest BCUT2D eigenvalue weighted by molar-refractivity contribution is 7.80. The summed E-state index contributed by atoms with van der Waals surface area (Å²) < 4.78 is 0. The normalized spacial score (nSPS) is 14.9. The summed E-state index contributed by atoms with van der Waals surface area (Å²) in [6.45, 7) is 6.06. The summed E-state index contributed by atoms with van der Waals surface area (Å²) in [6.07, 6.45) is -2.05. The first-order valence-electron chi connectivity index (χ1n) is 21.8. The molecule has 0 spiro atoms. The van der Waals surface area contributed by atoms with Crippen molar-refractivity contribution in [3.05, 3.63) is 71.8 Å². The SMILES string of the molecule is CC(C)CC(NC(=O)C(NC(=O)C(Cc1ccccc1)NC(=O)C(N)CC(N)=O)C(C)O)C(=O)NC(CS)C(=O)NC(Cc1ccccc1)C(=O)NC(CCCN=C(N)N)C(=O)NC(C)C(=O)O. The first-order chi connectivity index (χ1) is 32.0. The van der Waals surface area contributed by atoms with Crippen molar-refractivity contribution in [3.8, 4) is 0 Å². The summed E-state index contributed by atoms with van der Waals surface area (Å²) in [7, 11) is 0. The topological polar surface area (TPSA) is 395 Å². The Morgan fingerprint density at radius 2 is 1.04 bits per heavy atom. The molecule has 0 saturated heterocycles. The lowest BCUT2D eigenvalue weighted by Gasteiger charge is -2.29. The van der Waals surface area contributed by atoms with Gasteiger partial charge in [-0.15, -0.1) is 0 Å². The fourth-order valence-corrected chi connectivity index (χ4v) is 6.75. The number of hydrogen-bond acceptors (Lipinski definition) is 13. The molecule has 24 heteroatoms. The van der Waals surface area contributed by atoms with Gasteiger partial charge in [0.2, 0.25) is 47.3 Å². The molecule has 2 aromatic carbocycles. The van der Waals surface area contributed by atoms with Gasteiger partial charge in [-0.05, 0) is 50.2 Å². The molecule has 0 heterocycles. The zero-order valence-corrected chi connectivity index (χ0v) is 39.4. The monoisotopic (exact) mass is 970 g/mol. The molecular formula is C44H66N12O11S. The lowest BCUT2D eigenvalue weighted by Crippen LogP contribution is -2.62. The number of carboxylic acids is 1. The van der Waals surface area contributed by atoms with E-state index in [-0.39, 0.29) is 56.3 Å². The van der Waals surface area contributed by atoms with Crippen LogP contribution in [0, 0.1) is 5.92 Å². The summed E-state index contributed by atoms with van der Waals surface area (Å²) in [5, 5.41) is 37.6. The number of rotatable bonds is 29. The number of thiol groups is 1. The third-order valence-corrected chi connectivity index (χ3v) is 10.5. The Hall–Kier alpha value is -6.79. The number of guanidine groups is 1. The van der Waals surface area contributed by atoms with Crippen molar-refractivity contribution in [2.75, 3.05) is 12.3 Å². The molecule has 8 amide bonds. The standard InChI is InChI=1S/C44H66N12O11S/c1-23(2)18-30(54-42(65)35(25(4)57)56-40(63)32(20-27-14-9-6-10-15-27)52-36(59)28(45)21-34(46)58)38(61)55-33(22-68)41(64)53-31(19-26-12-7-5-8-13-26)39(62)51-29(16-11-17-49-44(47)48)37(60)50-24(3)43(66)67/h5-10,12-15,23-25,28-33,35,57,68H,11,16-22,45H2,1-4H3,(H2,46,58)(H,50,60)(H,51,62)(H,52,59)(H,53,64)(H,54,65)(H,55,61)(H,56,63)(H,66,67)(H4,47,48,49). The molecule has 0 aliphatic carbocycles. The number of carbonyl (C=O) groups is 9.